The molecule has 1 heterocycles. The molecule has 6 heteroatoms. The monoisotopic (exact) mass is 396 g/mol. The van der Waals surface area contributed by atoms with Gasteiger partial charge in [-0.25, -0.2) is 9.97 Å². The van der Waals surface area contributed by atoms with Crippen molar-refractivity contribution in [2.24, 2.45) is 0 Å². The molecular weight excluding hydrogens is 372 g/mol. The summed E-state index contributed by atoms with van der Waals surface area (Å²) in [4.78, 5) is 9.34. The van der Waals surface area contributed by atoms with E-state index in [1.807, 2.05) is 60.7 Å². The molecular formula is C22H25ClN4O. The third kappa shape index (κ3) is 6.22. The third-order valence-electron chi connectivity index (χ3n) is 4.22. The summed E-state index contributed by atoms with van der Waals surface area (Å²) in [5, 5.41) is 7.52. The molecule has 0 bridgehead atoms. The number of rotatable bonds is 10. The molecule has 5 nitrogen and oxygen atoms in total. The van der Waals surface area contributed by atoms with Crippen LogP contribution >= 0.6 is 11.6 Å². The van der Waals surface area contributed by atoms with Crippen molar-refractivity contribution in [3.05, 3.63) is 71.2 Å². The van der Waals surface area contributed by atoms with Gasteiger partial charge in [0.1, 0.15) is 11.6 Å². The topological polar surface area (TPSA) is 59.1 Å². The maximum absolute atomic E-state index is 5.95. The van der Waals surface area contributed by atoms with Crippen LogP contribution in [0.3, 0.4) is 0 Å². The zero-order valence-electron chi connectivity index (χ0n) is 16.0. The first-order valence-corrected chi connectivity index (χ1v) is 9.78. The van der Waals surface area contributed by atoms with Crippen LogP contribution in [-0.4, -0.2) is 36.8 Å². The van der Waals surface area contributed by atoms with Gasteiger partial charge in [0, 0.05) is 43.5 Å². The van der Waals surface area contributed by atoms with E-state index in [2.05, 4.69) is 20.6 Å². The molecule has 0 amide bonds. The summed E-state index contributed by atoms with van der Waals surface area (Å²) in [6.45, 7) is 2.29. The lowest BCUT2D eigenvalue weighted by Gasteiger charge is -2.12. The Morgan fingerprint density at radius 2 is 1.57 bits per heavy atom. The van der Waals surface area contributed by atoms with E-state index in [0.29, 0.717) is 5.82 Å². The molecule has 1 aromatic heterocycles. The second-order valence-electron chi connectivity index (χ2n) is 6.40. The Morgan fingerprint density at radius 3 is 2.25 bits per heavy atom. The van der Waals surface area contributed by atoms with Gasteiger partial charge >= 0.3 is 0 Å². The molecule has 28 heavy (non-hydrogen) atoms. The maximum Gasteiger partial charge on any atom is 0.163 e. The lowest BCUT2D eigenvalue weighted by Crippen LogP contribution is -2.10. The van der Waals surface area contributed by atoms with E-state index in [1.165, 1.54) is 5.56 Å². The molecule has 0 spiro atoms. The second-order valence-corrected chi connectivity index (χ2v) is 6.84. The number of aromatic nitrogens is 2. The van der Waals surface area contributed by atoms with Gasteiger partial charge < -0.3 is 15.4 Å². The summed E-state index contributed by atoms with van der Waals surface area (Å²) in [6.07, 6.45) is 1.80. The normalized spacial score (nSPS) is 10.6. The molecule has 146 valence electrons. The smallest absolute Gasteiger partial charge is 0.163 e. The van der Waals surface area contributed by atoms with Crippen molar-refractivity contribution in [2.75, 3.05) is 37.4 Å². The number of nitrogens with zero attached hydrogens (tertiary/aromatic N) is 2. The number of benzene rings is 2. The largest absolute Gasteiger partial charge is 0.385 e. The van der Waals surface area contributed by atoms with Gasteiger partial charge in [0.15, 0.2) is 5.82 Å². The minimum atomic E-state index is 0.700. The fourth-order valence-electron chi connectivity index (χ4n) is 2.76. The first-order valence-electron chi connectivity index (χ1n) is 9.40. The highest BCUT2D eigenvalue weighted by atomic mass is 35.5. The van der Waals surface area contributed by atoms with Gasteiger partial charge in [0.05, 0.1) is 0 Å². The number of hydrogen-bond donors (Lipinski definition) is 2. The Kier molecular flexibility index (Phi) is 7.64. The summed E-state index contributed by atoms with van der Waals surface area (Å²) in [5.41, 5.74) is 2.22. The van der Waals surface area contributed by atoms with Crippen LogP contribution in [0.2, 0.25) is 5.02 Å². The second kappa shape index (κ2) is 10.6. The van der Waals surface area contributed by atoms with Crippen LogP contribution in [0.4, 0.5) is 11.6 Å². The number of nitrogens with one attached hydrogen (secondary N) is 2. The fraction of sp³-hybridized carbons (Fsp3) is 0.273. The Balaban J connectivity index is 1.69. The highest BCUT2D eigenvalue weighted by molar-refractivity contribution is 6.30. The van der Waals surface area contributed by atoms with E-state index < -0.39 is 0 Å². The molecule has 0 aliphatic heterocycles. The molecule has 0 radical (unpaired) electrons. The van der Waals surface area contributed by atoms with Gasteiger partial charge in [-0.2, -0.15) is 0 Å². The number of hydrogen-bond acceptors (Lipinski definition) is 5. The summed E-state index contributed by atoms with van der Waals surface area (Å²) < 4.78 is 5.11. The molecule has 0 aliphatic rings. The van der Waals surface area contributed by atoms with Crippen molar-refractivity contribution in [1.82, 2.24) is 9.97 Å². The molecule has 0 saturated heterocycles. The molecule has 0 fully saturated rings. The summed E-state index contributed by atoms with van der Waals surface area (Å²) >= 11 is 5.95. The predicted octanol–water partition coefficient (Wildman–Crippen LogP) is 4.90. The van der Waals surface area contributed by atoms with E-state index in [4.69, 9.17) is 16.3 Å². The minimum Gasteiger partial charge on any atom is -0.385 e. The maximum atomic E-state index is 5.95. The number of methoxy groups -OCH3 is 1. The Morgan fingerprint density at radius 1 is 0.893 bits per heavy atom. The van der Waals surface area contributed by atoms with E-state index in [0.717, 1.165) is 54.8 Å². The minimum absolute atomic E-state index is 0.700. The number of anilines is 2. The van der Waals surface area contributed by atoms with Gasteiger partial charge in [-0.3, -0.25) is 0 Å². The summed E-state index contributed by atoms with van der Waals surface area (Å²) in [7, 11) is 1.71. The van der Waals surface area contributed by atoms with Gasteiger partial charge in [-0.1, -0.05) is 54.1 Å². The first-order chi connectivity index (χ1) is 13.7. The molecule has 0 saturated carbocycles. The van der Waals surface area contributed by atoms with Crippen molar-refractivity contribution >= 4 is 23.2 Å². The fourth-order valence-corrected chi connectivity index (χ4v) is 2.89. The lowest BCUT2D eigenvalue weighted by molar-refractivity contribution is 0.198. The number of halogens is 1. The van der Waals surface area contributed by atoms with Crippen LogP contribution in [0, 0.1) is 0 Å². The number of ether oxygens (including phenoxy) is 1. The van der Waals surface area contributed by atoms with Crippen molar-refractivity contribution in [2.45, 2.75) is 12.8 Å². The summed E-state index contributed by atoms with van der Waals surface area (Å²) in [5.74, 6) is 2.31. The average molecular weight is 397 g/mol. The lowest BCUT2D eigenvalue weighted by atomic mass is 10.1. The SMILES string of the molecule is COCCCNc1cc(NCCc2ccc(Cl)cc2)nc(-c2ccccc2)n1. The molecule has 0 unspecified atom stereocenters. The standard InChI is InChI=1S/C22H25ClN4O/c1-28-15-5-13-24-20-16-21(25-14-12-17-8-10-19(23)11-9-17)27-22(26-20)18-6-3-2-4-7-18/h2-4,6-11,16H,5,12-15H2,1H3,(H2,24,25,26,27). The van der Waals surface area contributed by atoms with E-state index in [9.17, 15) is 0 Å². The van der Waals surface area contributed by atoms with Crippen molar-refractivity contribution in [3.63, 3.8) is 0 Å². The van der Waals surface area contributed by atoms with Crippen molar-refractivity contribution in [3.8, 4) is 11.4 Å². The van der Waals surface area contributed by atoms with E-state index >= 15 is 0 Å². The molecule has 2 aromatic carbocycles. The van der Waals surface area contributed by atoms with Crippen LogP contribution in [0.15, 0.2) is 60.7 Å². The molecule has 0 atom stereocenters. The van der Waals surface area contributed by atoms with Crippen LogP contribution in [0.25, 0.3) is 11.4 Å². The molecule has 0 aliphatic carbocycles. The van der Waals surface area contributed by atoms with Gasteiger partial charge in [-0.15, -0.1) is 0 Å². The average Bonchev–Trinajstić information content (AvgIpc) is 2.73. The van der Waals surface area contributed by atoms with Crippen LogP contribution in [-0.2, 0) is 11.2 Å². The molecule has 2 N–H and O–H groups in total. The first kappa shape index (κ1) is 20.1. The Bertz CT molecular complexity index is 856. The van der Waals surface area contributed by atoms with Gasteiger partial charge in [-0.05, 0) is 30.5 Å². The quantitative estimate of drug-likeness (QED) is 0.477. The molecule has 3 aromatic rings. The van der Waals surface area contributed by atoms with Crippen LogP contribution in [0.1, 0.15) is 12.0 Å². The van der Waals surface area contributed by atoms with E-state index in [-0.39, 0.29) is 0 Å². The molecule has 3 rings (SSSR count). The van der Waals surface area contributed by atoms with Gasteiger partial charge in [0.25, 0.3) is 0 Å². The Labute approximate surface area is 171 Å². The van der Waals surface area contributed by atoms with E-state index in [1.54, 1.807) is 7.11 Å². The predicted molar refractivity (Wildman–Crippen MR) is 116 cm³/mol. The summed E-state index contributed by atoms with van der Waals surface area (Å²) in [6, 6.07) is 19.9. The zero-order valence-corrected chi connectivity index (χ0v) is 16.7. The van der Waals surface area contributed by atoms with Crippen LogP contribution < -0.4 is 10.6 Å². The van der Waals surface area contributed by atoms with Gasteiger partial charge in [0.2, 0.25) is 0 Å². The highest BCUT2D eigenvalue weighted by Gasteiger charge is 2.07. The zero-order chi connectivity index (χ0) is 19.6. The highest BCUT2D eigenvalue weighted by Crippen LogP contribution is 2.20. The third-order valence-corrected chi connectivity index (χ3v) is 4.47. The Hall–Kier alpha value is -2.63. The van der Waals surface area contributed by atoms with Crippen molar-refractivity contribution in [1.29, 1.82) is 0 Å². The van der Waals surface area contributed by atoms with Crippen LogP contribution in [0.5, 0.6) is 0 Å². The van der Waals surface area contributed by atoms with Crippen molar-refractivity contribution < 1.29 is 4.74 Å².